The summed E-state index contributed by atoms with van der Waals surface area (Å²) in [4.78, 5) is 11.3. The van der Waals surface area contributed by atoms with Crippen LogP contribution in [0, 0.1) is 34.6 Å². The van der Waals surface area contributed by atoms with E-state index in [-0.39, 0.29) is 0 Å². The summed E-state index contributed by atoms with van der Waals surface area (Å²) in [5, 5.41) is 9.11. The van der Waals surface area contributed by atoms with Gasteiger partial charge in [-0.1, -0.05) is 6.07 Å². The Morgan fingerprint density at radius 3 is 2.40 bits per heavy atom. The summed E-state index contributed by atoms with van der Waals surface area (Å²) in [5.74, 6) is 1.41. The number of aryl methyl sites for hydroxylation is 6. The van der Waals surface area contributed by atoms with E-state index < -0.39 is 0 Å². The lowest BCUT2D eigenvalue weighted by Gasteiger charge is -2.21. The van der Waals surface area contributed by atoms with Crippen molar-refractivity contribution < 1.29 is 0 Å². The third kappa shape index (κ3) is 3.49. The number of nitrogens with one attached hydrogen (secondary N) is 1. The van der Waals surface area contributed by atoms with Gasteiger partial charge in [0.25, 0.3) is 0 Å². The van der Waals surface area contributed by atoms with E-state index in [1.807, 2.05) is 31.8 Å². The van der Waals surface area contributed by atoms with Crippen LogP contribution in [0.15, 0.2) is 36.5 Å². The number of benzene rings is 2. The first kappa shape index (κ1) is 19.9. The van der Waals surface area contributed by atoms with Crippen LogP contribution in [0.3, 0.4) is 0 Å². The van der Waals surface area contributed by atoms with Crippen molar-refractivity contribution in [3.05, 3.63) is 64.5 Å². The molecule has 1 N–H and O–H groups in total. The van der Waals surface area contributed by atoms with E-state index in [2.05, 4.69) is 72.3 Å². The summed E-state index contributed by atoms with van der Waals surface area (Å²) in [6.07, 6.45) is 1.79. The lowest BCUT2D eigenvalue weighted by atomic mass is 10.1. The van der Waals surface area contributed by atoms with Crippen molar-refractivity contribution in [3.63, 3.8) is 0 Å². The highest BCUT2D eigenvalue weighted by atomic mass is 15.3. The van der Waals surface area contributed by atoms with Gasteiger partial charge in [-0.3, -0.25) is 4.68 Å². The monoisotopic (exact) mass is 400 g/mol. The number of anilines is 4. The molecule has 0 amide bonds. The van der Waals surface area contributed by atoms with Gasteiger partial charge >= 0.3 is 0 Å². The lowest BCUT2D eigenvalue weighted by molar-refractivity contribution is 0.783. The fourth-order valence-corrected chi connectivity index (χ4v) is 3.87. The molecular weight excluding hydrogens is 372 g/mol. The molecule has 0 aliphatic rings. The molecule has 2 heterocycles. The van der Waals surface area contributed by atoms with Gasteiger partial charge in [0.2, 0.25) is 5.95 Å². The molecule has 0 spiro atoms. The maximum absolute atomic E-state index is 4.77. The van der Waals surface area contributed by atoms with Crippen molar-refractivity contribution in [2.24, 2.45) is 7.05 Å². The normalized spacial score (nSPS) is 11.2. The molecular formula is C24H28N6. The van der Waals surface area contributed by atoms with Gasteiger partial charge in [0.05, 0.1) is 11.2 Å². The van der Waals surface area contributed by atoms with Gasteiger partial charge in [0, 0.05) is 37.1 Å². The average molecular weight is 401 g/mol. The molecule has 0 radical (unpaired) electrons. The third-order valence-corrected chi connectivity index (χ3v) is 5.79. The van der Waals surface area contributed by atoms with Gasteiger partial charge < -0.3 is 10.2 Å². The van der Waals surface area contributed by atoms with Gasteiger partial charge in [0.1, 0.15) is 5.82 Å². The number of aromatic nitrogens is 4. The van der Waals surface area contributed by atoms with Crippen LogP contribution in [0.5, 0.6) is 0 Å². The van der Waals surface area contributed by atoms with Crippen molar-refractivity contribution in [2.45, 2.75) is 34.6 Å². The summed E-state index contributed by atoms with van der Waals surface area (Å²) < 4.78 is 1.93. The van der Waals surface area contributed by atoms with Crippen molar-refractivity contribution in [3.8, 4) is 0 Å². The fourth-order valence-electron chi connectivity index (χ4n) is 3.87. The van der Waals surface area contributed by atoms with Crippen molar-refractivity contribution in [1.82, 2.24) is 19.7 Å². The van der Waals surface area contributed by atoms with Crippen LogP contribution < -0.4 is 10.2 Å². The van der Waals surface area contributed by atoms with E-state index in [1.54, 1.807) is 6.20 Å². The zero-order valence-electron chi connectivity index (χ0n) is 18.7. The molecule has 0 aliphatic carbocycles. The van der Waals surface area contributed by atoms with Gasteiger partial charge in [-0.2, -0.15) is 10.1 Å². The molecule has 0 atom stereocenters. The molecule has 154 valence electrons. The molecule has 2 aromatic heterocycles. The van der Waals surface area contributed by atoms with E-state index in [0.29, 0.717) is 5.95 Å². The zero-order valence-corrected chi connectivity index (χ0v) is 18.7. The Morgan fingerprint density at radius 1 is 0.900 bits per heavy atom. The number of rotatable bonds is 4. The topological polar surface area (TPSA) is 58.9 Å². The largest absolute Gasteiger partial charge is 0.329 e. The molecule has 0 saturated heterocycles. The van der Waals surface area contributed by atoms with Crippen LogP contribution in [0.2, 0.25) is 0 Å². The number of hydrogen-bond acceptors (Lipinski definition) is 5. The molecule has 0 bridgehead atoms. The second-order valence-electron chi connectivity index (χ2n) is 8.04. The molecule has 0 aliphatic heterocycles. The van der Waals surface area contributed by atoms with Crippen molar-refractivity contribution in [2.75, 3.05) is 17.3 Å². The molecule has 0 saturated carbocycles. The summed E-state index contributed by atoms with van der Waals surface area (Å²) in [5.41, 5.74) is 9.15. The van der Waals surface area contributed by atoms with E-state index in [1.165, 1.54) is 27.6 Å². The second kappa shape index (κ2) is 7.44. The molecule has 0 unspecified atom stereocenters. The molecule has 2 aromatic carbocycles. The van der Waals surface area contributed by atoms with Crippen LogP contribution in [0.4, 0.5) is 23.1 Å². The Kier molecular flexibility index (Phi) is 4.94. The molecule has 30 heavy (non-hydrogen) atoms. The van der Waals surface area contributed by atoms with Crippen molar-refractivity contribution >= 4 is 34.0 Å². The van der Waals surface area contributed by atoms with Crippen LogP contribution in [-0.4, -0.2) is 26.8 Å². The highest BCUT2D eigenvalue weighted by Gasteiger charge is 2.14. The quantitative estimate of drug-likeness (QED) is 0.496. The van der Waals surface area contributed by atoms with E-state index >= 15 is 0 Å². The Labute approximate surface area is 177 Å². The minimum Gasteiger partial charge on any atom is -0.329 e. The van der Waals surface area contributed by atoms with Crippen LogP contribution in [0.25, 0.3) is 10.9 Å². The van der Waals surface area contributed by atoms with Crippen LogP contribution in [-0.2, 0) is 7.05 Å². The minimum absolute atomic E-state index is 0.584. The average Bonchev–Trinajstić information content (AvgIpc) is 2.98. The molecule has 6 heteroatoms. The number of fused-ring (bicyclic) bond motifs is 1. The van der Waals surface area contributed by atoms with Gasteiger partial charge in [-0.05, 0) is 81.1 Å². The van der Waals surface area contributed by atoms with Gasteiger partial charge in [-0.25, -0.2) is 4.98 Å². The standard InChI is InChI=1S/C24H28N6/c1-14-10-16(3)20(12-15(14)2)26-24-25-9-8-23(27-24)29(6)21-13-22-19(11-17(21)4)18(5)28-30(22)7/h8-13H,1-7H3,(H,25,26,27). The van der Waals surface area contributed by atoms with E-state index in [9.17, 15) is 0 Å². The predicted octanol–water partition coefficient (Wildman–Crippen LogP) is 5.42. The summed E-state index contributed by atoms with van der Waals surface area (Å²) in [6.45, 7) is 10.5. The van der Waals surface area contributed by atoms with E-state index in [0.717, 1.165) is 28.4 Å². The fraction of sp³-hybridized carbons (Fsp3) is 0.292. The maximum atomic E-state index is 4.77. The minimum atomic E-state index is 0.584. The Bertz CT molecular complexity index is 1250. The zero-order chi connectivity index (χ0) is 21.6. The summed E-state index contributed by atoms with van der Waals surface area (Å²) in [7, 11) is 4.01. The van der Waals surface area contributed by atoms with Crippen LogP contribution in [0.1, 0.15) is 27.9 Å². The number of nitrogens with zero attached hydrogens (tertiary/aromatic N) is 5. The van der Waals surface area contributed by atoms with E-state index in [4.69, 9.17) is 4.98 Å². The highest BCUT2D eigenvalue weighted by Crippen LogP contribution is 2.31. The Morgan fingerprint density at radius 2 is 1.63 bits per heavy atom. The first-order valence-electron chi connectivity index (χ1n) is 10.1. The maximum Gasteiger partial charge on any atom is 0.229 e. The van der Waals surface area contributed by atoms with Crippen molar-refractivity contribution in [1.29, 1.82) is 0 Å². The lowest BCUT2D eigenvalue weighted by Crippen LogP contribution is -2.14. The molecule has 4 rings (SSSR count). The summed E-state index contributed by atoms with van der Waals surface area (Å²) >= 11 is 0. The predicted molar refractivity (Wildman–Crippen MR) is 124 cm³/mol. The highest BCUT2D eigenvalue weighted by molar-refractivity contribution is 5.87. The molecule has 6 nitrogen and oxygen atoms in total. The van der Waals surface area contributed by atoms with Gasteiger partial charge in [-0.15, -0.1) is 0 Å². The number of hydrogen-bond donors (Lipinski definition) is 1. The SMILES string of the molecule is Cc1cc(C)c(Nc2nccc(N(C)c3cc4c(cc3C)c(C)nn4C)n2)cc1C. The Hall–Kier alpha value is -3.41. The Balaban J connectivity index is 1.69. The molecule has 4 aromatic rings. The van der Waals surface area contributed by atoms with Gasteiger partial charge in [0.15, 0.2) is 0 Å². The smallest absolute Gasteiger partial charge is 0.229 e. The second-order valence-corrected chi connectivity index (χ2v) is 8.04. The third-order valence-electron chi connectivity index (χ3n) is 5.79. The first-order valence-corrected chi connectivity index (χ1v) is 10.1. The molecule has 0 fully saturated rings. The first-order chi connectivity index (χ1) is 14.2. The summed E-state index contributed by atoms with van der Waals surface area (Å²) in [6, 6.07) is 10.6. The van der Waals surface area contributed by atoms with Crippen LogP contribution >= 0.6 is 0 Å².